The molecule has 1 atom stereocenters. The average Bonchev–Trinajstić information content (AvgIpc) is 3.22. The van der Waals surface area contributed by atoms with Crippen LogP contribution in [0.25, 0.3) is 11.5 Å². The van der Waals surface area contributed by atoms with Gasteiger partial charge in [-0.3, -0.25) is 4.79 Å². The van der Waals surface area contributed by atoms with Crippen LogP contribution in [-0.2, 0) is 4.79 Å². The molecule has 1 amide bonds. The maximum atomic E-state index is 13.1. The second-order valence-corrected chi connectivity index (χ2v) is 6.72. The molecule has 6 heteroatoms. The van der Waals surface area contributed by atoms with Gasteiger partial charge in [0.1, 0.15) is 5.82 Å². The molecule has 3 aromatic rings. The summed E-state index contributed by atoms with van der Waals surface area (Å²) in [5.41, 5.74) is 3.80. The van der Waals surface area contributed by atoms with Crippen LogP contribution in [0.1, 0.15) is 29.3 Å². The molecule has 0 aliphatic carbocycles. The lowest BCUT2D eigenvalue weighted by atomic mass is 10.1. The predicted octanol–water partition coefficient (Wildman–Crippen LogP) is 4.01. The molecule has 0 bridgehead atoms. The molecule has 1 aliphatic rings. The number of nitrogens with zero attached hydrogens (tertiary/aromatic N) is 3. The van der Waals surface area contributed by atoms with Gasteiger partial charge < -0.3 is 9.42 Å². The summed E-state index contributed by atoms with van der Waals surface area (Å²) in [6.07, 6.45) is 0.309. The zero-order valence-electron chi connectivity index (χ0n) is 14.6. The minimum Gasteiger partial charge on any atom is -0.334 e. The fourth-order valence-corrected chi connectivity index (χ4v) is 3.37. The van der Waals surface area contributed by atoms with E-state index in [0.29, 0.717) is 30.4 Å². The molecule has 0 saturated carbocycles. The third-order valence-corrected chi connectivity index (χ3v) is 4.54. The summed E-state index contributed by atoms with van der Waals surface area (Å²) >= 11 is 0. The Morgan fingerprint density at radius 1 is 1.12 bits per heavy atom. The lowest BCUT2D eigenvalue weighted by Gasteiger charge is -2.15. The van der Waals surface area contributed by atoms with Crippen LogP contribution >= 0.6 is 0 Å². The van der Waals surface area contributed by atoms with Gasteiger partial charge in [0.2, 0.25) is 5.91 Å². The number of benzene rings is 2. The number of hydrogen-bond donors (Lipinski definition) is 0. The van der Waals surface area contributed by atoms with Crippen molar-refractivity contribution in [2.24, 2.45) is 0 Å². The van der Waals surface area contributed by atoms with Crippen LogP contribution in [0.5, 0.6) is 0 Å². The lowest BCUT2D eigenvalue weighted by Crippen LogP contribution is -2.24. The van der Waals surface area contributed by atoms with Gasteiger partial charge in [0, 0.05) is 30.1 Å². The highest BCUT2D eigenvalue weighted by molar-refractivity contribution is 5.96. The second-order valence-electron chi connectivity index (χ2n) is 6.72. The van der Waals surface area contributed by atoms with Gasteiger partial charge in [-0.2, -0.15) is 4.98 Å². The molecule has 1 fully saturated rings. The summed E-state index contributed by atoms with van der Waals surface area (Å²) in [6.45, 7) is 4.49. The largest absolute Gasteiger partial charge is 0.334 e. The first kappa shape index (κ1) is 16.4. The minimum atomic E-state index is -0.326. The van der Waals surface area contributed by atoms with Crippen LogP contribution in [-0.4, -0.2) is 22.6 Å². The van der Waals surface area contributed by atoms with E-state index in [9.17, 15) is 9.18 Å². The van der Waals surface area contributed by atoms with Crippen molar-refractivity contribution in [1.82, 2.24) is 10.1 Å². The van der Waals surface area contributed by atoms with E-state index >= 15 is 0 Å². The Hall–Kier alpha value is -3.02. The van der Waals surface area contributed by atoms with E-state index in [1.807, 2.05) is 26.0 Å². The number of carbonyl (C=O) groups is 1. The molecule has 1 saturated heterocycles. The third kappa shape index (κ3) is 3.10. The van der Waals surface area contributed by atoms with E-state index in [0.717, 1.165) is 16.7 Å². The highest BCUT2D eigenvalue weighted by atomic mass is 19.1. The molecule has 1 unspecified atom stereocenters. The number of amides is 1. The molecular weight excluding hydrogens is 333 g/mol. The minimum absolute atomic E-state index is 0.0284. The first-order valence-corrected chi connectivity index (χ1v) is 8.48. The van der Waals surface area contributed by atoms with E-state index in [4.69, 9.17) is 4.52 Å². The van der Waals surface area contributed by atoms with Crippen molar-refractivity contribution in [3.63, 3.8) is 0 Å². The first-order valence-electron chi connectivity index (χ1n) is 8.48. The average molecular weight is 351 g/mol. The van der Waals surface area contributed by atoms with Crippen molar-refractivity contribution in [1.29, 1.82) is 0 Å². The standard InChI is InChI=1S/C20H18FN3O2/c1-12-7-13(2)9-14(8-12)20-22-19(23-26-20)15-10-18(25)24(11-15)17-5-3-16(21)4-6-17/h3-9,15H,10-11H2,1-2H3. The number of carbonyl (C=O) groups excluding carboxylic acids is 1. The molecule has 132 valence electrons. The molecule has 1 aromatic heterocycles. The zero-order valence-corrected chi connectivity index (χ0v) is 14.6. The zero-order chi connectivity index (χ0) is 18.3. The van der Waals surface area contributed by atoms with E-state index in [-0.39, 0.29) is 17.6 Å². The quantitative estimate of drug-likeness (QED) is 0.715. The number of hydrogen-bond acceptors (Lipinski definition) is 4. The van der Waals surface area contributed by atoms with Crippen LogP contribution < -0.4 is 4.90 Å². The Bertz CT molecular complexity index is 945. The summed E-state index contributed by atoms with van der Waals surface area (Å²) in [7, 11) is 0. The van der Waals surface area contributed by atoms with Crippen molar-refractivity contribution in [3.8, 4) is 11.5 Å². The molecule has 0 N–H and O–H groups in total. The maximum Gasteiger partial charge on any atom is 0.257 e. The Kier molecular flexibility index (Phi) is 4.03. The molecule has 4 rings (SSSR count). The van der Waals surface area contributed by atoms with Crippen molar-refractivity contribution in [2.45, 2.75) is 26.2 Å². The number of aryl methyl sites for hydroxylation is 2. The lowest BCUT2D eigenvalue weighted by molar-refractivity contribution is -0.117. The van der Waals surface area contributed by atoms with Gasteiger partial charge in [0.05, 0.1) is 0 Å². The van der Waals surface area contributed by atoms with E-state index < -0.39 is 0 Å². The summed E-state index contributed by atoms with van der Waals surface area (Å²) in [5.74, 6) is 0.486. The predicted molar refractivity (Wildman–Crippen MR) is 95.3 cm³/mol. The summed E-state index contributed by atoms with van der Waals surface area (Å²) in [4.78, 5) is 18.5. The third-order valence-electron chi connectivity index (χ3n) is 4.54. The normalized spacial score (nSPS) is 17.1. The van der Waals surface area contributed by atoms with E-state index in [1.54, 1.807) is 17.0 Å². The van der Waals surface area contributed by atoms with Crippen molar-refractivity contribution in [2.75, 3.05) is 11.4 Å². The fourth-order valence-electron chi connectivity index (χ4n) is 3.37. The van der Waals surface area contributed by atoms with Gasteiger partial charge in [-0.15, -0.1) is 0 Å². The molecule has 2 aromatic carbocycles. The van der Waals surface area contributed by atoms with Crippen LogP contribution in [0.15, 0.2) is 47.0 Å². The molecule has 1 aliphatic heterocycles. The smallest absolute Gasteiger partial charge is 0.257 e. The summed E-state index contributed by atoms with van der Waals surface area (Å²) in [6, 6.07) is 12.0. The van der Waals surface area contributed by atoms with Gasteiger partial charge in [0.15, 0.2) is 5.82 Å². The van der Waals surface area contributed by atoms with Gasteiger partial charge in [-0.1, -0.05) is 22.3 Å². The summed E-state index contributed by atoms with van der Waals surface area (Å²) in [5, 5.41) is 4.09. The molecule has 26 heavy (non-hydrogen) atoms. The highest BCUT2D eigenvalue weighted by Crippen LogP contribution is 2.31. The maximum absolute atomic E-state index is 13.1. The number of rotatable bonds is 3. The SMILES string of the molecule is Cc1cc(C)cc(-c2nc(C3CC(=O)N(c4ccc(F)cc4)C3)no2)c1. The molecule has 5 nitrogen and oxygen atoms in total. The van der Waals surface area contributed by atoms with Crippen molar-refractivity contribution in [3.05, 3.63) is 65.2 Å². The van der Waals surface area contributed by atoms with Crippen molar-refractivity contribution < 1.29 is 13.7 Å². The van der Waals surface area contributed by atoms with E-state index in [1.165, 1.54) is 12.1 Å². The first-order chi connectivity index (χ1) is 12.5. The van der Waals surface area contributed by atoms with Crippen LogP contribution in [0, 0.1) is 19.7 Å². The number of anilines is 1. The van der Waals surface area contributed by atoms with Crippen LogP contribution in [0.4, 0.5) is 10.1 Å². The number of halogens is 1. The Morgan fingerprint density at radius 3 is 2.50 bits per heavy atom. The van der Waals surface area contributed by atoms with Gasteiger partial charge in [-0.25, -0.2) is 4.39 Å². The Morgan fingerprint density at radius 2 is 1.81 bits per heavy atom. The fraction of sp³-hybridized carbons (Fsp3) is 0.250. The molecule has 2 heterocycles. The van der Waals surface area contributed by atoms with E-state index in [2.05, 4.69) is 16.2 Å². The Labute approximate surface area is 150 Å². The second kappa shape index (κ2) is 6.37. The molecule has 0 spiro atoms. The van der Waals surface area contributed by atoms with Gasteiger partial charge >= 0.3 is 0 Å². The van der Waals surface area contributed by atoms with Crippen LogP contribution in [0.2, 0.25) is 0 Å². The van der Waals surface area contributed by atoms with Gasteiger partial charge in [0.25, 0.3) is 5.89 Å². The Balaban J connectivity index is 1.56. The topological polar surface area (TPSA) is 59.2 Å². The molecular formula is C20H18FN3O2. The monoisotopic (exact) mass is 351 g/mol. The number of aromatic nitrogens is 2. The molecule has 0 radical (unpaired) electrons. The summed E-state index contributed by atoms with van der Waals surface area (Å²) < 4.78 is 18.5. The van der Waals surface area contributed by atoms with Crippen molar-refractivity contribution >= 4 is 11.6 Å². The highest BCUT2D eigenvalue weighted by Gasteiger charge is 2.34. The van der Waals surface area contributed by atoms with Gasteiger partial charge in [-0.05, 0) is 50.2 Å². The van der Waals surface area contributed by atoms with Crippen LogP contribution in [0.3, 0.4) is 0 Å².